The van der Waals surface area contributed by atoms with Gasteiger partial charge in [-0.05, 0) is 63.8 Å². The number of allylic oxidation sites excluding steroid dienone is 3. The zero-order valence-corrected chi connectivity index (χ0v) is 19.0. The Bertz CT molecular complexity index is 828. The summed E-state index contributed by atoms with van der Waals surface area (Å²) in [4.78, 5) is 6.80. The summed E-state index contributed by atoms with van der Waals surface area (Å²) in [7, 11) is 0. The topological polar surface area (TPSA) is 51.7 Å². The van der Waals surface area contributed by atoms with Gasteiger partial charge in [-0.15, -0.1) is 0 Å². The minimum Gasteiger partial charge on any atom is -0.386 e. The minimum atomic E-state index is 0.402. The Hall–Kier alpha value is -2.95. The molecule has 0 radical (unpaired) electrons. The molecular weight excluding hydrogens is 370 g/mol. The number of likely N-dealkylation sites (tertiary alicyclic amines) is 1. The first-order valence-electron chi connectivity index (χ1n) is 10.7. The summed E-state index contributed by atoms with van der Waals surface area (Å²) < 4.78 is 0. The first-order valence-corrected chi connectivity index (χ1v) is 10.7. The Morgan fingerprint density at radius 1 is 1.13 bits per heavy atom. The van der Waals surface area contributed by atoms with Crippen LogP contribution in [0.15, 0.2) is 77.5 Å². The predicted octanol–water partition coefficient (Wildman–Crippen LogP) is 5.86. The van der Waals surface area contributed by atoms with E-state index in [2.05, 4.69) is 66.4 Å². The number of nitrogens with one attached hydrogen (secondary N) is 3. The van der Waals surface area contributed by atoms with Crippen molar-refractivity contribution >= 4 is 17.6 Å². The van der Waals surface area contributed by atoms with Crippen molar-refractivity contribution in [3.63, 3.8) is 0 Å². The van der Waals surface area contributed by atoms with E-state index in [1.54, 1.807) is 0 Å². The van der Waals surface area contributed by atoms with Crippen LogP contribution in [0.5, 0.6) is 0 Å². The molecule has 1 aliphatic rings. The third-order valence-corrected chi connectivity index (χ3v) is 5.22. The number of benzene rings is 1. The smallest absolute Gasteiger partial charge is 0.123 e. The monoisotopic (exact) mass is 407 g/mol. The summed E-state index contributed by atoms with van der Waals surface area (Å²) in [6, 6.07) is 8.46. The van der Waals surface area contributed by atoms with Crippen molar-refractivity contribution in [1.29, 1.82) is 0 Å². The molecule has 0 aromatic heterocycles. The molecule has 1 aromatic carbocycles. The van der Waals surface area contributed by atoms with Gasteiger partial charge in [0.2, 0.25) is 0 Å². The van der Waals surface area contributed by atoms with Crippen molar-refractivity contribution in [2.45, 2.75) is 53.0 Å². The van der Waals surface area contributed by atoms with E-state index >= 15 is 0 Å². The lowest BCUT2D eigenvalue weighted by molar-refractivity contribution is 0.433. The lowest BCUT2D eigenvalue weighted by Crippen LogP contribution is -2.24. The van der Waals surface area contributed by atoms with Crippen LogP contribution in [0, 0.1) is 0 Å². The third-order valence-electron chi connectivity index (χ3n) is 5.22. The summed E-state index contributed by atoms with van der Waals surface area (Å²) >= 11 is 0. The van der Waals surface area contributed by atoms with Crippen LogP contribution in [0.1, 0.15) is 47.0 Å². The van der Waals surface area contributed by atoms with Gasteiger partial charge >= 0.3 is 0 Å². The van der Waals surface area contributed by atoms with Gasteiger partial charge in [-0.3, -0.25) is 0 Å². The van der Waals surface area contributed by atoms with Crippen LogP contribution in [-0.4, -0.2) is 30.2 Å². The SMILES string of the molecule is C=C(/N=C\C(C(=C)C)=C(/C)NC(C)CC)Nc1cccc(NC(=C)N2CCCC2)c1. The van der Waals surface area contributed by atoms with E-state index in [-0.39, 0.29) is 0 Å². The van der Waals surface area contributed by atoms with Gasteiger partial charge in [0.25, 0.3) is 0 Å². The Morgan fingerprint density at radius 3 is 2.37 bits per heavy atom. The number of nitrogens with zero attached hydrogens (tertiary/aromatic N) is 2. The molecule has 30 heavy (non-hydrogen) atoms. The molecule has 0 bridgehead atoms. The van der Waals surface area contributed by atoms with Gasteiger partial charge in [0.05, 0.1) is 5.82 Å². The van der Waals surface area contributed by atoms with Crippen molar-refractivity contribution in [3.8, 4) is 0 Å². The van der Waals surface area contributed by atoms with Crippen molar-refractivity contribution in [2.24, 2.45) is 4.99 Å². The Morgan fingerprint density at radius 2 is 1.77 bits per heavy atom. The summed E-state index contributed by atoms with van der Waals surface area (Å²) in [6.07, 6.45) is 5.33. The molecule has 1 aromatic rings. The highest BCUT2D eigenvalue weighted by atomic mass is 15.2. The van der Waals surface area contributed by atoms with Crippen LogP contribution in [0.4, 0.5) is 11.4 Å². The second-order valence-electron chi connectivity index (χ2n) is 7.95. The molecule has 1 saturated heterocycles. The fraction of sp³-hybridized carbons (Fsp3) is 0.400. The number of aliphatic imine (C=N–C) groups is 1. The van der Waals surface area contributed by atoms with Gasteiger partial charge in [-0.1, -0.05) is 32.7 Å². The summed E-state index contributed by atoms with van der Waals surface area (Å²) in [5.41, 5.74) is 4.94. The zero-order chi connectivity index (χ0) is 22.1. The van der Waals surface area contributed by atoms with E-state index in [1.807, 2.05) is 37.4 Å². The molecule has 2 rings (SSSR count). The second-order valence-corrected chi connectivity index (χ2v) is 7.95. The van der Waals surface area contributed by atoms with E-state index < -0.39 is 0 Å². The van der Waals surface area contributed by atoms with E-state index in [1.165, 1.54) is 12.8 Å². The van der Waals surface area contributed by atoms with Crippen molar-refractivity contribution in [3.05, 3.63) is 72.5 Å². The van der Waals surface area contributed by atoms with Crippen molar-refractivity contribution < 1.29 is 0 Å². The largest absolute Gasteiger partial charge is 0.386 e. The molecule has 1 aliphatic heterocycles. The highest BCUT2D eigenvalue weighted by Crippen LogP contribution is 2.21. The standard InChI is InChI=1S/C25H37N5/c1-8-19(4)27-20(5)25(18(2)3)17-26-21(6)28-23-12-11-13-24(16-23)29-22(7)30-14-9-10-15-30/h11-13,16-17,19,27-29H,2,6-10,14-15H2,1,3-5H3/b25-20-,26-17-. The molecule has 0 saturated carbocycles. The van der Waals surface area contributed by atoms with Crippen LogP contribution in [0.3, 0.4) is 0 Å². The first-order chi connectivity index (χ1) is 14.3. The molecule has 1 atom stereocenters. The predicted molar refractivity (Wildman–Crippen MR) is 132 cm³/mol. The van der Waals surface area contributed by atoms with Gasteiger partial charge in [0.15, 0.2) is 0 Å². The fourth-order valence-electron chi connectivity index (χ4n) is 3.33. The van der Waals surface area contributed by atoms with Crippen molar-refractivity contribution in [1.82, 2.24) is 10.2 Å². The summed E-state index contributed by atoms with van der Waals surface area (Å²) in [5, 5.41) is 10.1. The van der Waals surface area contributed by atoms with Crippen LogP contribution in [0.25, 0.3) is 0 Å². The molecule has 1 unspecified atom stereocenters. The van der Waals surface area contributed by atoms with E-state index in [0.29, 0.717) is 11.9 Å². The van der Waals surface area contributed by atoms with E-state index in [9.17, 15) is 0 Å². The zero-order valence-electron chi connectivity index (χ0n) is 19.0. The lowest BCUT2D eigenvalue weighted by Gasteiger charge is -2.21. The Balaban J connectivity index is 2.01. The van der Waals surface area contributed by atoms with Crippen LogP contribution < -0.4 is 16.0 Å². The van der Waals surface area contributed by atoms with Gasteiger partial charge < -0.3 is 20.9 Å². The van der Waals surface area contributed by atoms with Gasteiger partial charge in [0.1, 0.15) is 5.82 Å². The van der Waals surface area contributed by atoms with E-state index in [4.69, 9.17) is 0 Å². The van der Waals surface area contributed by atoms with Crippen molar-refractivity contribution in [2.75, 3.05) is 23.7 Å². The molecular formula is C25H37N5. The molecule has 1 heterocycles. The average Bonchev–Trinajstić information content (AvgIpc) is 3.23. The highest BCUT2D eigenvalue weighted by molar-refractivity contribution is 5.86. The molecule has 162 valence electrons. The molecule has 0 spiro atoms. The second kappa shape index (κ2) is 11.3. The average molecular weight is 408 g/mol. The quantitative estimate of drug-likeness (QED) is 0.318. The number of hydrogen-bond donors (Lipinski definition) is 3. The normalized spacial score (nSPS) is 15.5. The van der Waals surface area contributed by atoms with Gasteiger partial charge in [0, 0.05) is 48.0 Å². The number of rotatable bonds is 11. The maximum atomic E-state index is 4.51. The molecule has 3 N–H and O–H groups in total. The van der Waals surface area contributed by atoms with Gasteiger partial charge in [-0.2, -0.15) is 0 Å². The summed E-state index contributed by atoms with van der Waals surface area (Å²) in [5.74, 6) is 1.52. The number of hydrogen-bond acceptors (Lipinski definition) is 5. The molecule has 1 fully saturated rings. The number of anilines is 2. The maximum Gasteiger partial charge on any atom is 0.123 e. The van der Waals surface area contributed by atoms with Crippen LogP contribution in [-0.2, 0) is 0 Å². The highest BCUT2D eigenvalue weighted by Gasteiger charge is 2.13. The Labute approximate surface area is 182 Å². The van der Waals surface area contributed by atoms with E-state index in [0.717, 1.165) is 53.5 Å². The molecule has 0 amide bonds. The minimum absolute atomic E-state index is 0.402. The first kappa shape index (κ1) is 23.3. The van der Waals surface area contributed by atoms with Crippen LogP contribution >= 0.6 is 0 Å². The molecule has 5 nitrogen and oxygen atoms in total. The lowest BCUT2D eigenvalue weighted by atomic mass is 10.1. The maximum absolute atomic E-state index is 4.51. The Kier molecular flexibility index (Phi) is 8.78. The van der Waals surface area contributed by atoms with Crippen LogP contribution in [0.2, 0.25) is 0 Å². The summed E-state index contributed by atoms with van der Waals surface area (Å²) in [6.45, 7) is 22.8. The molecule has 0 aliphatic carbocycles. The molecule has 5 heteroatoms. The van der Waals surface area contributed by atoms with Gasteiger partial charge in [-0.25, -0.2) is 4.99 Å². The third kappa shape index (κ3) is 7.14. The fourth-order valence-corrected chi connectivity index (χ4v) is 3.33.